The van der Waals surface area contributed by atoms with E-state index in [1.807, 2.05) is 0 Å². The van der Waals surface area contributed by atoms with Crippen molar-refractivity contribution in [3.63, 3.8) is 0 Å². The number of hydrogen-bond donors (Lipinski definition) is 1. The zero-order valence-electron chi connectivity index (χ0n) is 13.9. The summed E-state index contributed by atoms with van der Waals surface area (Å²) >= 11 is 0. The predicted octanol–water partition coefficient (Wildman–Crippen LogP) is 3.79. The highest BCUT2D eigenvalue weighted by Gasteiger charge is 2.53. The van der Waals surface area contributed by atoms with Crippen molar-refractivity contribution in [2.75, 3.05) is 13.6 Å². The molecule has 2 N–H and O–H groups in total. The van der Waals surface area contributed by atoms with Crippen molar-refractivity contribution in [1.29, 1.82) is 0 Å². The molecule has 0 aliphatic heterocycles. The first-order valence-corrected chi connectivity index (χ1v) is 9.60. The van der Waals surface area contributed by atoms with Gasteiger partial charge in [0.15, 0.2) is 0 Å². The van der Waals surface area contributed by atoms with E-state index in [4.69, 9.17) is 5.73 Å². The van der Waals surface area contributed by atoms with Crippen molar-refractivity contribution in [3.05, 3.63) is 0 Å². The topological polar surface area (TPSA) is 29.3 Å². The van der Waals surface area contributed by atoms with E-state index in [0.29, 0.717) is 11.5 Å². The minimum atomic E-state index is 0.429. The standard InChI is InChI=1S/C19H34N2/c1-21(17-5-3-2-4-6-17)13-18(20)19-10-14-7-15(11-19)9-16(8-14)12-19/h14-18H,2-13,20H2,1H3. The van der Waals surface area contributed by atoms with Crippen LogP contribution in [0.3, 0.4) is 0 Å². The van der Waals surface area contributed by atoms with E-state index in [1.54, 1.807) is 0 Å². The molecule has 1 atom stereocenters. The third-order valence-corrected chi connectivity index (χ3v) is 7.55. The maximum absolute atomic E-state index is 6.84. The first kappa shape index (κ1) is 14.5. The van der Waals surface area contributed by atoms with Gasteiger partial charge in [-0.05, 0) is 81.6 Å². The minimum Gasteiger partial charge on any atom is -0.326 e. The van der Waals surface area contributed by atoms with Crippen LogP contribution in [0.1, 0.15) is 70.6 Å². The summed E-state index contributed by atoms with van der Waals surface area (Å²) in [6.45, 7) is 1.15. The smallest absolute Gasteiger partial charge is 0.0225 e. The third kappa shape index (κ3) is 2.67. The fourth-order valence-corrected chi connectivity index (χ4v) is 6.81. The summed E-state index contributed by atoms with van der Waals surface area (Å²) in [6.07, 6.45) is 16.1. The quantitative estimate of drug-likeness (QED) is 0.853. The van der Waals surface area contributed by atoms with Crippen LogP contribution >= 0.6 is 0 Å². The van der Waals surface area contributed by atoms with Crippen LogP contribution in [0, 0.1) is 23.2 Å². The molecule has 0 aromatic rings. The molecule has 2 nitrogen and oxygen atoms in total. The normalized spacial score (nSPS) is 44.4. The second-order valence-electron chi connectivity index (χ2n) is 9.12. The predicted molar refractivity (Wildman–Crippen MR) is 88.1 cm³/mol. The Balaban J connectivity index is 1.41. The number of nitrogens with zero attached hydrogens (tertiary/aromatic N) is 1. The monoisotopic (exact) mass is 290 g/mol. The maximum Gasteiger partial charge on any atom is 0.0225 e. The molecule has 0 amide bonds. The first-order chi connectivity index (χ1) is 10.1. The molecular formula is C19H34N2. The van der Waals surface area contributed by atoms with Gasteiger partial charge in [0.25, 0.3) is 0 Å². The largest absolute Gasteiger partial charge is 0.326 e. The van der Waals surface area contributed by atoms with Crippen LogP contribution in [0.2, 0.25) is 0 Å². The zero-order chi connectivity index (χ0) is 14.4. The van der Waals surface area contributed by atoms with E-state index in [0.717, 1.165) is 30.3 Å². The van der Waals surface area contributed by atoms with Gasteiger partial charge in [-0.25, -0.2) is 0 Å². The van der Waals surface area contributed by atoms with Crippen molar-refractivity contribution >= 4 is 0 Å². The molecule has 21 heavy (non-hydrogen) atoms. The molecule has 0 saturated heterocycles. The summed E-state index contributed by atoms with van der Waals surface area (Å²) in [5.74, 6) is 3.09. The molecule has 120 valence electrons. The van der Waals surface area contributed by atoms with Crippen LogP contribution in [0.5, 0.6) is 0 Å². The molecule has 5 rings (SSSR count). The van der Waals surface area contributed by atoms with Crippen molar-refractivity contribution < 1.29 is 0 Å². The van der Waals surface area contributed by atoms with Crippen LogP contribution in [0.4, 0.5) is 0 Å². The van der Waals surface area contributed by atoms with Gasteiger partial charge in [-0.2, -0.15) is 0 Å². The number of rotatable bonds is 4. The Labute approximate surface area is 130 Å². The van der Waals surface area contributed by atoms with Gasteiger partial charge in [0.1, 0.15) is 0 Å². The third-order valence-electron chi connectivity index (χ3n) is 7.55. The van der Waals surface area contributed by atoms with Gasteiger partial charge in [-0.1, -0.05) is 19.3 Å². The Kier molecular flexibility index (Phi) is 3.82. The van der Waals surface area contributed by atoms with Gasteiger partial charge in [-0.15, -0.1) is 0 Å². The van der Waals surface area contributed by atoms with E-state index >= 15 is 0 Å². The van der Waals surface area contributed by atoms with E-state index in [1.165, 1.54) is 70.6 Å². The summed E-state index contributed by atoms with van der Waals surface area (Å²) < 4.78 is 0. The molecule has 1 unspecified atom stereocenters. The number of hydrogen-bond acceptors (Lipinski definition) is 2. The number of nitrogens with two attached hydrogens (primary N) is 1. The lowest BCUT2D eigenvalue weighted by Gasteiger charge is -2.59. The van der Waals surface area contributed by atoms with Gasteiger partial charge in [0, 0.05) is 18.6 Å². The molecule has 5 saturated carbocycles. The average molecular weight is 290 g/mol. The summed E-state index contributed by atoms with van der Waals surface area (Å²) in [4.78, 5) is 2.63. The molecule has 0 spiro atoms. The summed E-state index contributed by atoms with van der Waals surface area (Å²) in [7, 11) is 2.34. The SMILES string of the molecule is CN(CC(N)C12CC3CC(CC(C3)C1)C2)C1CCCCC1. The Morgan fingerprint density at radius 1 is 0.952 bits per heavy atom. The molecular weight excluding hydrogens is 256 g/mol. The second-order valence-corrected chi connectivity index (χ2v) is 9.12. The highest BCUT2D eigenvalue weighted by atomic mass is 15.1. The van der Waals surface area contributed by atoms with E-state index in [9.17, 15) is 0 Å². The Hall–Kier alpha value is -0.0800. The lowest BCUT2D eigenvalue weighted by molar-refractivity contribution is -0.0724. The lowest BCUT2D eigenvalue weighted by Crippen LogP contribution is -2.58. The molecule has 0 heterocycles. The molecule has 5 fully saturated rings. The van der Waals surface area contributed by atoms with Crippen molar-refractivity contribution in [2.24, 2.45) is 28.9 Å². The van der Waals surface area contributed by atoms with Crippen molar-refractivity contribution in [1.82, 2.24) is 4.90 Å². The van der Waals surface area contributed by atoms with Crippen LogP contribution in [0.25, 0.3) is 0 Å². The summed E-state index contributed by atoms with van der Waals surface area (Å²) in [6, 6.07) is 1.25. The zero-order valence-corrected chi connectivity index (χ0v) is 13.9. The second kappa shape index (κ2) is 5.53. The Morgan fingerprint density at radius 2 is 1.48 bits per heavy atom. The first-order valence-electron chi connectivity index (χ1n) is 9.60. The molecule has 2 heteroatoms. The van der Waals surface area contributed by atoms with Crippen LogP contribution in [0.15, 0.2) is 0 Å². The fourth-order valence-electron chi connectivity index (χ4n) is 6.81. The van der Waals surface area contributed by atoms with E-state index in [2.05, 4.69) is 11.9 Å². The summed E-state index contributed by atoms with van der Waals surface area (Å²) in [5, 5.41) is 0. The summed E-state index contributed by atoms with van der Waals surface area (Å²) in [5.41, 5.74) is 7.36. The van der Waals surface area contributed by atoms with Gasteiger partial charge in [0.2, 0.25) is 0 Å². The maximum atomic E-state index is 6.84. The fraction of sp³-hybridized carbons (Fsp3) is 1.00. The highest BCUT2D eigenvalue weighted by Crippen LogP contribution is 2.61. The van der Waals surface area contributed by atoms with Crippen LogP contribution < -0.4 is 5.73 Å². The molecule has 0 aromatic carbocycles. The molecule has 0 radical (unpaired) electrons. The molecule has 0 aromatic heterocycles. The molecule has 4 bridgehead atoms. The van der Waals surface area contributed by atoms with Crippen molar-refractivity contribution in [3.8, 4) is 0 Å². The molecule has 5 aliphatic rings. The van der Waals surface area contributed by atoms with Gasteiger partial charge < -0.3 is 10.6 Å². The Bertz CT molecular complexity index is 336. The van der Waals surface area contributed by atoms with Crippen LogP contribution in [-0.4, -0.2) is 30.6 Å². The van der Waals surface area contributed by atoms with E-state index < -0.39 is 0 Å². The average Bonchev–Trinajstić information content (AvgIpc) is 2.46. The van der Waals surface area contributed by atoms with Gasteiger partial charge >= 0.3 is 0 Å². The minimum absolute atomic E-state index is 0.429. The van der Waals surface area contributed by atoms with Crippen LogP contribution in [-0.2, 0) is 0 Å². The Morgan fingerprint density at radius 3 is 2.00 bits per heavy atom. The number of likely N-dealkylation sites (N-methyl/N-ethyl adjacent to an activating group) is 1. The van der Waals surface area contributed by atoms with E-state index in [-0.39, 0.29) is 0 Å². The van der Waals surface area contributed by atoms with Gasteiger partial charge in [0.05, 0.1) is 0 Å². The lowest BCUT2D eigenvalue weighted by atomic mass is 9.48. The highest BCUT2D eigenvalue weighted by molar-refractivity contribution is 5.06. The van der Waals surface area contributed by atoms with Crippen molar-refractivity contribution in [2.45, 2.75) is 82.7 Å². The van der Waals surface area contributed by atoms with Gasteiger partial charge in [-0.3, -0.25) is 0 Å². The molecule has 5 aliphatic carbocycles.